The molecule has 0 saturated heterocycles. The minimum absolute atomic E-state index is 0.138. The lowest BCUT2D eigenvalue weighted by Gasteiger charge is -2.04. The Kier molecular flexibility index (Phi) is 4.14. The van der Waals surface area contributed by atoms with Gasteiger partial charge in [0.05, 0.1) is 18.3 Å². The van der Waals surface area contributed by atoms with Gasteiger partial charge in [-0.15, -0.1) is 0 Å². The van der Waals surface area contributed by atoms with Crippen LogP contribution in [-0.2, 0) is 16.6 Å². The van der Waals surface area contributed by atoms with Crippen molar-refractivity contribution in [3.05, 3.63) is 41.7 Å². The molecule has 0 aliphatic heterocycles. The molecule has 2 heterocycles. The topological polar surface area (TPSA) is 114 Å². The van der Waals surface area contributed by atoms with Crippen molar-refractivity contribution in [2.24, 2.45) is 0 Å². The highest BCUT2D eigenvalue weighted by molar-refractivity contribution is 7.89. The van der Waals surface area contributed by atoms with Crippen molar-refractivity contribution in [1.82, 2.24) is 20.0 Å². The number of carbonyl (C=O) groups excluding carboxylic acids is 1. The molecule has 9 heteroatoms. The molecule has 1 aliphatic rings. The molecule has 0 bridgehead atoms. The summed E-state index contributed by atoms with van der Waals surface area (Å²) in [6.07, 6.45) is 5.02. The molecule has 2 aromatic rings. The number of hydrogen-bond donors (Lipinski definition) is 2. The largest absolute Gasteiger partial charge is 0.444 e. The number of carbonyl (C=O) groups is 1. The van der Waals surface area contributed by atoms with Crippen LogP contribution in [0.2, 0.25) is 0 Å². The number of nitrogens with zero attached hydrogens (tertiary/aromatic N) is 2. The molecule has 0 aromatic carbocycles. The zero-order valence-electron chi connectivity index (χ0n) is 12.4. The molecule has 2 aromatic heterocycles. The normalized spacial score (nSPS) is 14.7. The molecule has 1 saturated carbocycles. The average molecular weight is 336 g/mol. The van der Waals surface area contributed by atoms with E-state index < -0.39 is 10.0 Å². The smallest absolute Gasteiger partial charge is 0.257 e. The Hall–Kier alpha value is -2.26. The molecule has 8 nitrogen and oxygen atoms in total. The zero-order valence-corrected chi connectivity index (χ0v) is 13.3. The summed E-state index contributed by atoms with van der Waals surface area (Å²) in [5, 5.41) is 2.54. The van der Waals surface area contributed by atoms with E-state index in [9.17, 15) is 13.2 Å². The fourth-order valence-electron chi connectivity index (χ4n) is 1.97. The lowest BCUT2D eigenvalue weighted by atomic mass is 10.2. The fraction of sp³-hybridized carbons (Fsp3) is 0.357. The van der Waals surface area contributed by atoms with Crippen LogP contribution in [0.3, 0.4) is 0 Å². The Labute approximate surface area is 133 Å². The van der Waals surface area contributed by atoms with Crippen molar-refractivity contribution in [2.45, 2.75) is 30.3 Å². The molecule has 3 rings (SSSR count). The van der Waals surface area contributed by atoms with Crippen molar-refractivity contribution in [3.8, 4) is 0 Å². The van der Waals surface area contributed by atoms with E-state index in [1.165, 1.54) is 25.4 Å². The number of rotatable bonds is 6. The summed E-state index contributed by atoms with van der Waals surface area (Å²) in [6.45, 7) is 0.217. The third-order valence-electron chi connectivity index (χ3n) is 3.46. The van der Waals surface area contributed by atoms with E-state index in [0.717, 1.165) is 18.7 Å². The van der Waals surface area contributed by atoms with Crippen LogP contribution in [0.15, 0.2) is 34.0 Å². The number of sulfonamides is 1. The average Bonchev–Trinajstić information content (AvgIpc) is 3.31. The van der Waals surface area contributed by atoms with Gasteiger partial charge in [0.25, 0.3) is 15.9 Å². The van der Waals surface area contributed by atoms with Crippen LogP contribution in [0.1, 0.15) is 40.8 Å². The quantitative estimate of drug-likeness (QED) is 0.806. The van der Waals surface area contributed by atoms with Crippen LogP contribution in [-0.4, -0.2) is 31.3 Å². The standard InChI is InChI=1S/C14H16N4O4S/c1-15-23(20,21)12-5-4-10(6-16-12)13(19)17-7-11-8-18-14(22-11)9-2-3-9/h4-6,8-9,15H,2-3,7H2,1H3,(H,17,19). The van der Waals surface area contributed by atoms with E-state index in [1.807, 2.05) is 0 Å². The van der Waals surface area contributed by atoms with Gasteiger partial charge < -0.3 is 9.73 Å². The molecular weight excluding hydrogens is 320 g/mol. The van der Waals surface area contributed by atoms with Crippen LogP contribution in [0.25, 0.3) is 0 Å². The van der Waals surface area contributed by atoms with Crippen LogP contribution in [0.5, 0.6) is 0 Å². The zero-order chi connectivity index (χ0) is 16.4. The molecule has 1 fully saturated rings. The van der Waals surface area contributed by atoms with Crippen LogP contribution >= 0.6 is 0 Å². The first-order chi connectivity index (χ1) is 11.0. The first kappa shape index (κ1) is 15.6. The Bertz CT molecular complexity index is 810. The van der Waals surface area contributed by atoms with Gasteiger partial charge in [0.2, 0.25) is 0 Å². The van der Waals surface area contributed by atoms with Gasteiger partial charge in [-0.3, -0.25) is 4.79 Å². The molecule has 2 N–H and O–H groups in total. The second-order valence-corrected chi connectivity index (χ2v) is 7.05. The maximum atomic E-state index is 12.0. The molecule has 1 aliphatic carbocycles. The van der Waals surface area contributed by atoms with E-state index >= 15 is 0 Å². The molecule has 0 radical (unpaired) electrons. The summed E-state index contributed by atoms with van der Waals surface area (Å²) in [7, 11) is -2.31. The Morgan fingerprint density at radius 2 is 2.09 bits per heavy atom. The summed E-state index contributed by atoms with van der Waals surface area (Å²) in [4.78, 5) is 20.0. The number of oxazole rings is 1. The summed E-state index contributed by atoms with van der Waals surface area (Å²) >= 11 is 0. The van der Waals surface area contributed by atoms with Gasteiger partial charge in [0.15, 0.2) is 10.9 Å². The van der Waals surface area contributed by atoms with E-state index in [1.54, 1.807) is 6.20 Å². The molecule has 1 amide bonds. The predicted octanol–water partition coefficient (Wildman–Crippen LogP) is 0.785. The highest BCUT2D eigenvalue weighted by Gasteiger charge is 2.28. The Morgan fingerprint density at radius 1 is 1.30 bits per heavy atom. The van der Waals surface area contributed by atoms with E-state index in [4.69, 9.17) is 4.42 Å². The summed E-state index contributed by atoms with van der Waals surface area (Å²) in [5.41, 5.74) is 0.266. The van der Waals surface area contributed by atoms with Crippen molar-refractivity contribution in [2.75, 3.05) is 7.05 Å². The number of amides is 1. The third-order valence-corrected chi connectivity index (χ3v) is 4.79. The lowest BCUT2D eigenvalue weighted by molar-refractivity contribution is 0.0947. The molecule has 23 heavy (non-hydrogen) atoms. The first-order valence-electron chi connectivity index (χ1n) is 7.12. The van der Waals surface area contributed by atoms with Crippen molar-refractivity contribution >= 4 is 15.9 Å². The minimum atomic E-state index is -3.61. The third kappa shape index (κ3) is 3.57. The number of nitrogens with one attached hydrogen (secondary N) is 2. The number of hydrogen-bond acceptors (Lipinski definition) is 6. The summed E-state index contributed by atoms with van der Waals surface area (Å²) in [6, 6.07) is 2.68. The number of pyridine rings is 1. The van der Waals surface area contributed by atoms with Crippen molar-refractivity contribution < 1.29 is 17.6 Å². The van der Waals surface area contributed by atoms with Crippen LogP contribution < -0.4 is 10.0 Å². The first-order valence-corrected chi connectivity index (χ1v) is 8.60. The van der Waals surface area contributed by atoms with Gasteiger partial charge in [-0.05, 0) is 32.0 Å². The molecule has 0 spiro atoms. The SMILES string of the molecule is CNS(=O)(=O)c1ccc(C(=O)NCc2cnc(C3CC3)o2)cn1. The predicted molar refractivity (Wildman–Crippen MR) is 80.1 cm³/mol. The van der Waals surface area contributed by atoms with E-state index in [0.29, 0.717) is 11.7 Å². The van der Waals surface area contributed by atoms with Gasteiger partial charge >= 0.3 is 0 Å². The Morgan fingerprint density at radius 3 is 2.70 bits per heavy atom. The molecule has 122 valence electrons. The fourth-order valence-corrected chi connectivity index (χ4v) is 2.62. The maximum Gasteiger partial charge on any atom is 0.257 e. The second kappa shape index (κ2) is 6.09. The van der Waals surface area contributed by atoms with E-state index in [-0.39, 0.29) is 23.0 Å². The van der Waals surface area contributed by atoms with Crippen LogP contribution in [0, 0.1) is 0 Å². The Balaban J connectivity index is 1.61. The highest BCUT2D eigenvalue weighted by Crippen LogP contribution is 2.39. The number of aromatic nitrogens is 2. The molecule has 0 unspecified atom stereocenters. The summed E-state index contributed by atoms with van der Waals surface area (Å²) < 4.78 is 30.8. The van der Waals surface area contributed by atoms with E-state index in [2.05, 4.69) is 20.0 Å². The lowest BCUT2D eigenvalue weighted by Crippen LogP contribution is -2.23. The van der Waals surface area contributed by atoms with Gasteiger partial charge in [0, 0.05) is 12.1 Å². The summed E-state index contributed by atoms with van der Waals surface area (Å²) in [5.74, 6) is 1.36. The maximum absolute atomic E-state index is 12.0. The van der Waals surface area contributed by atoms with Crippen molar-refractivity contribution in [1.29, 1.82) is 0 Å². The van der Waals surface area contributed by atoms with Gasteiger partial charge in [0.1, 0.15) is 5.76 Å². The van der Waals surface area contributed by atoms with Gasteiger partial charge in [-0.25, -0.2) is 23.1 Å². The second-order valence-electron chi connectivity index (χ2n) is 5.21. The highest BCUT2D eigenvalue weighted by atomic mass is 32.2. The minimum Gasteiger partial charge on any atom is -0.444 e. The van der Waals surface area contributed by atoms with Gasteiger partial charge in [-0.2, -0.15) is 0 Å². The molecule has 0 atom stereocenters. The van der Waals surface area contributed by atoms with Crippen molar-refractivity contribution in [3.63, 3.8) is 0 Å². The van der Waals surface area contributed by atoms with Crippen LogP contribution in [0.4, 0.5) is 0 Å². The monoisotopic (exact) mass is 336 g/mol. The molecular formula is C14H16N4O4S. The van der Waals surface area contributed by atoms with Gasteiger partial charge in [-0.1, -0.05) is 0 Å².